The molecule has 24 heavy (non-hydrogen) atoms. The third-order valence-electron chi connectivity index (χ3n) is 4.12. The fourth-order valence-corrected chi connectivity index (χ4v) is 3.71. The van der Waals surface area contributed by atoms with Crippen molar-refractivity contribution >= 4 is 16.3 Å². The highest BCUT2D eigenvalue weighted by molar-refractivity contribution is 7.16. The van der Waals surface area contributed by atoms with E-state index in [0.717, 1.165) is 40.6 Å². The second-order valence-electron chi connectivity index (χ2n) is 5.87. The molecule has 0 aliphatic rings. The summed E-state index contributed by atoms with van der Waals surface area (Å²) < 4.78 is 1.88. The van der Waals surface area contributed by atoms with Crippen LogP contribution >= 0.6 is 11.3 Å². The lowest BCUT2D eigenvalue weighted by Crippen LogP contribution is -1.95. The van der Waals surface area contributed by atoms with Crippen molar-refractivity contribution in [3.8, 4) is 11.4 Å². The van der Waals surface area contributed by atoms with Gasteiger partial charge in [-0.15, -0.1) is 10.2 Å². The maximum atomic E-state index is 4.73. The zero-order valence-electron chi connectivity index (χ0n) is 13.5. The summed E-state index contributed by atoms with van der Waals surface area (Å²) in [4.78, 5) is 0.864. The summed E-state index contributed by atoms with van der Waals surface area (Å²) in [5.74, 6) is 0.827. The van der Waals surface area contributed by atoms with E-state index in [-0.39, 0.29) is 0 Å². The molecule has 0 radical (unpaired) electrons. The van der Waals surface area contributed by atoms with Crippen LogP contribution < -0.4 is 0 Å². The lowest BCUT2D eigenvalue weighted by Gasteiger charge is -2.01. The van der Waals surface area contributed by atoms with Crippen molar-refractivity contribution in [1.82, 2.24) is 19.8 Å². The average Bonchev–Trinajstić information content (AvgIpc) is 3.17. The SMILES string of the molecule is Cc1ccccc1-c1nnc2sc(CCCc3ccccc3)nn12. The van der Waals surface area contributed by atoms with Gasteiger partial charge in [-0.3, -0.25) is 0 Å². The molecule has 5 heteroatoms. The van der Waals surface area contributed by atoms with Crippen molar-refractivity contribution in [2.45, 2.75) is 26.2 Å². The van der Waals surface area contributed by atoms with Gasteiger partial charge in [0.05, 0.1) is 0 Å². The van der Waals surface area contributed by atoms with Crippen molar-refractivity contribution in [1.29, 1.82) is 0 Å². The van der Waals surface area contributed by atoms with Crippen LogP contribution in [-0.2, 0) is 12.8 Å². The highest BCUT2D eigenvalue weighted by Crippen LogP contribution is 2.24. The molecular weight excluding hydrogens is 316 g/mol. The molecule has 0 N–H and O–H groups in total. The topological polar surface area (TPSA) is 43.1 Å². The highest BCUT2D eigenvalue weighted by Gasteiger charge is 2.14. The second-order valence-corrected chi connectivity index (χ2v) is 6.91. The largest absolute Gasteiger partial charge is 0.234 e. The minimum Gasteiger partial charge on any atom is -0.183 e. The smallest absolute Gasteiger partial charge is 0.183 e. The average molecular weight is 334 g/mol. The summed E-state index contributed by atoms with van der Waals surface area (Å²) in [5.41, 5.74) is 3.65. The molecule has 0 spiro atoms. The number of aromatic nitrogens is 4. The number of rotatable bonds is 5. The molecule has 0 fully saturated rings. The van der Waals surface area contributed by atoms with Gasteiger partial charge in [-0.05, 0) is 30.9 Å². The van der Waals surface area contributed by atoms with Crippen LogP contribution in [0.3, 0.4) is 0 Å². The van der Waals surface area contributed by atoms with Crippen LogP contribution in [0.2, 0.25) is 0 Å². The predicted octanol–water partition coefficient (Wildman–Crippen LogP) is 4.34. The van der Waals surface area contributed by atoms with Gasteiger partial charge in [-0.2, -0.15) is 9.61 Å². The molecule has 2 aromatic carbocycles. The van der Waals surface area contributed by atoms with Crippen molar-refractivity contribution < 1.29 is 0 Å². The van der Waals surface area contributed by atoms with Crippen LogP contribution in [0.4, 0.5) is 0 Å². The molecule has 0 bridgehead atoms. The summed E-state index contributed by atoms with van der Waals surface area (Å²) in [6, 6.07) is 18.8. The molecular formula is C19H18N4S. The molecule has 0 saturated heterocycles. The molecule has 120 valence electrons. The van der Waals surface area contributed by atoms with Gasteiger partial charge < -0.3 is 0 Å². The molecule has 0 unspecified atom stereocenters. The molecule has 0 atom stereocenters. The van der Waals surface area contributed by atoms with Gasteiger partial charge >= 0.3 is 0 Å². The van der Waals surface area contributed by atoms with Crippen LogP contribution in [0.25, 0.3) is 16.3 Å². The fraction of sp³-hybridized carbons (Fsp3) is 0.211. The van der Waals surface area contributed by atoms with E-state index in [1.807, 2.05) is 16.6 Å². The first kappa shape index (κ1) is 15.0. The van der Waals surface area contributed by atoms with Gasteiger partial charge in [0.15, 0.2) is 5.82 Å². The zero-order chi connectivity index (χ0) is 16.4. The normalized spacial score (nSPS) is 11.2. The van der Waals surface area contributed by atoms with E-state index in [1.165, 1.54) is 11.1 Å². The first-order chi connectivity index (χ1) is 11.8. The van der Waals surface area contributed by atoms with Crippen LogP contribution in [0, 0.1) is 6.92 Å². The minimum absolute atomic E-state index is 0.827. The number of nitrogens with zero attached hydrogens (tertiary/aromatic N) is 4. The van der Waals surface area contributed by atoms with E-state index >= 15 is 0 Å². The summed E-state index contributed by atoms with van der Waals surface area (Å²) in [6.07, 6.45) is 3.13. The maximum absolute atomic E-state index is 4.73. The van der Waals surface area contributed by atoms with Gasteiger partial charge in [0.1, 0.15) is 5.01 Å². The van der Waals surface area contributed by atoms with Crippen molar-refractivity contribution in [2.24, 2.45) is 0 Å². The first-order valence-electron chi connectivity index (χ1n) is 8.12. The van der Waals surface area contributed by atoms with Crippen LogP contribution in [0.5, 0.6) is 0 Å². The zero-order valence-corrected chi connectivity index (χ0v) is 14.3. The van der Waals surface area contributed by atoms with E-state index in [9.17, 15) is 0 Å². The quantitative estimate of drug-likeness (QED) is 0.545. The fourth-order valence-electron chi connectivity index (χ4n) is 2.84. The Morgan fingerprint density at radius 3 is 2.54 bits per heavy atom. The molecule has 0 aliphatic carbocycles. The molecule has 4 aromatic rings. The third-order valence-corrected chi connectivity index (χ3v) is 5.08. The van der Waals surface area contributed by atoms with Crippen LogP contribution in [0.1, 0.15) is 22.6 Å². The Kier molecular flexibility index (Phi) is 4.09. The summed E-state index contributed by atoms with van der Waals surface area (Å²) in [7, 11) is 0. The summed E-state index contributed by atoms with van der Waals surface area (Å²) >= 11 is 1.63. The van der Waals surface area contributed by atoms with E-state index < -0.39 is 0 Å². The molecule has 4 nitrogen and oxygen atoms in total. The lowest BCUT2D eigenvalue weighted by molar-refractivity contribution is 0.789. The second kappa shape index (κ2) is 6.53. The Labute approximate surface area is 144 Å². The van der Waals surface area contributed by atoms with Gasteiger partial charge in [0, 0.05) is 12.0 Å². The van der Waals surface area contributed by atoms with Crippen LogP contribution in [-0.4, -0.2) is 19.8 Å². The Bertz CT molecular complexity index is 956. The van der Waals surface area contributed by atoms with Gasteiger partial charge in [0.25, 0.3) is 0 Å². The Balaban J connectivity index is 1.53. The molecule has 0 saturated carbocycles. The Morgan fingerprint density at radius 1 is 0.917 bits per heavy atom. The van der Waals surface area contributed by atoms with Crippen molar-refractivity contribution in [3.05, 3.63) is 70.7 Å². The first-order valence-corrected chi connectivity index (χ1v) is 8.94. The van der Waals surface area contributed by atoms with E-state index in [4.69, 9.17) is 5.10 Å². The molecule has 0 aliphatic heterocycles. The van der Waals surface area contributed by atoms with Crippen molar-refractivity contribution in [3.63, 3.8) is 0 Å². The summed E-state index contributed by atoms with van der Waals surface area (Å²) in [6.45, 7) is 2.09. The predicted molar refractivity (Wildman–Crippen MR) is 97.3 cm³/mol. The number of hydrogen-bond donors (Lipinski definition) is 0. The number of hydrogen-bond acceptors (Lipinski definition) is 4. The van der Waals surface area contributed by atoms with E-state index in [0.29, 0.717) is 0 Å². The minimum atomic E-state index is 0.827. The highest BCUT2D eigenvalue weighted by atomic mass is 32.1. The van der Waals surface area contributed by atoms with E-state index in [1.54, 1.807) is 11.3 Å². The third kappa shape index (κ3) is 2.95. The lowest BCUT2D eigenvalue weighted by atomic mass is 10.1. The van der Waals surface area contributed by atoms with Crippen molar-refractivity contribution in [2.75, 3.05) is 0 Å². The number of benzene rings is 2. The molecule has 2 aromatic heterocycles. The van der Waals surface area contributed by atoms with Gasteiger partial charge in [-0.25, -0.2) is 0 Å². The standard InChI is InChI=1S/C19H18N4S/c1-14-8-5-6-12-16(14)18-20-21-19-23(18)22-17(24-19)13-7-11-15-9-3-2-4-10-15/h2-6,8-10,12H,7,11,13H2,1H3. The monoisotopic (exact) mass is 334 g/mol. The summed E-state index contributed by atoms with van der Waals surface area (Å²) in [5, 5.41) is 14.5. The number of aryl methyl sites for hydroxylation is 3. The van der Waals surface area contributed by atoms with Gasteiger partial charge in [0.2, 0.25) is 4.96 Å². The maximum Gasteiger partial charge on any atom is 0.234 e. The number of fused-ring (bicyclic) bond motifs is 1. The Morgan fingerprint density at radius 2 is 1.71 bits per heavy atom. The Hall–Kier alpha value is -2.53. The molecule has 4 rings (SSSR count). The van der Waals surface area contributed by atoms with E-state index in [2.05, 4.69) is 59.6 Å². The molecule has 2 heterocycles. The van der Waals surface area contributed by atoms with Gasteiger partial charge in [-0.1, -0.05) is 65.9 Å². The van der Waals surface area contributed by atoms with Crippen LogP contribution in [0.15, 0.2) is 54.6 Å². The molecule has 0 amide bonds.